The molecule has 4 aromatic carbocycles. The van der Waals surface area contributed by atoms with Gasteiger partial charge in [-0.25, -0.2) is 9.18 Å². The largest absolute Gasteiger partial charge is 0.494 e. The summed E-state index contributed by atoms with van der Waals surface area (Å²) in [6.45, 7) is 5.14. The van der Waals surface area contributed by atoms with Crippen LogP contribution in [0.25, 0.3) is 22.3 Å². The lowest BCUT2D eigenvalue weighted by atomic mass is 9.99. The first-order valence-corrected chi connectivity index (χ1v) is 15.5. The zero-order valence-electron chi connectivity index (χ0n) is 25.0. The van der Waals surface area contributed by atoms with Gasteiger partial charge in [0.1, 0.15) is 17.3 Å². The predicted octanol–water partition coefficient (Wildman–Crippen LogP) is 10.9. The first-order chi connectivity index (χ1) is 20.6. The van der Waals surface area contributed by atoms with Gasteiger partial charge in [-0.3, -0.25) is 0 Å². The summed E-state index contributed by atoms with van der Waals surface area (Å²) in [4.78, 5) is 12.8. The number of hydrogen-bond donors (Lipinski definition) is 0. The van der Waals surface area contributed by atoms with Gasteiger partial charge < -0.3 is 9.47 Å². The van der Waals surface area contributed by atoms with Crippen molar-refractivity contribution in [2.24, 2.45) is 0 Å². The molecule has 0 unspecified atom stereocenters. The van der Waals surface area contributed by atoms with Crippen LogP contribution in [-0.4, -0.2) is 12.6 Å². The van der Waals surface area contributed by atoms with E-state index in [-0.39, 0.29) is 5.56 Å². The van der Waals surface area contributed by atoms with E-state index >= 15 is 4.39 Å². The van der Waals surface area contributed by atoms with Gasteiger partial charge in [0.2, 0.25) is 0 Å². The minimum atomic E-state index is -0.591. The highest BCUT2D eigenvalue weighted by Gasteiger charge is 2.13. The molecule has 0 aromatic heterocycles. The summed E-state index contributed by atoms with van der Waals surface area (Å²) >= 11 is 0. The molecule has 3 nitrogen and oxygen atoms in total. The van der Waals surface area contributed by atoms with Crippen LogP contribution in [0.3, 0.4) is 0 Å². The quantitative estimate of drug-likeness (QED) is 0.0769. The van der Waals surface area contributed by atoms with E-state index < -0.39 is 11.8 Å². The molecule has 0 atom stereocenters. The van der Waals surface area contributed by atoms with Crippen molar-refractivity contribution in [3.63, 3.8) is 0 Å². The Bertz CT molecular complexity index is 1380. The zero-order valence-corrected chi connectivity index (χ0v) is 25.0. The Morgan fingerprint density at radius 2 is 1.19 bits per heavy atom. The van der Waals surface area contributed by atoms with Gasteiger partial charge in [0.25, 0.3) is 0 Å². The second-order valence-corrected chi connectivity index (χ2v) is 10.9. The van der Waals surface area contributed by atoms with Crippen molar-refractivity contribution in [2.45, 2.75) is 78.1 Å². The molecule has 0 N–H and O–H groups in total. The average Bonchev–Trinajstić information content (AvgIpc) is 3.02. The lowest BCUT2D eigenvalue weighted by Gasteiger charge is -2.09. The molecule has 0 saturated heterocycles. The number of carbonyl (C=O) groups excluding carboxylic acids is 1. The number of hydrogen-bond acceptors (Lipinski definition) is 3. The Balaban J connectivity index is 1.30. The van der Waals surface area contributed by atoms with Gasteiger partial charge in [0.05, 0.1) is 12.2 Å². The topological polar surface area (TPSA) is 35.5 Å². The van der Waals surface area contributed by atoms with Crippen LogP contribution < -0.4 is 9.47 Å². The zero-order chi connectivity index (χ0) is 29.6. The molecule has 0 aliphatic carbocycles. The van der Waals surface area contributed by atoms with Gasteiger partial charge >= 0.3 is 5.97 Å². The summed E-state index contributed by atoms with van der Waals surface area (Å²) in [7, 11) is 0. The van der Waals surface area contributed by atoms with Crippen LogP contribution >= 0.6 is 0 Å². The molecule has 0 saturated carbocycles. The Morgan fingerprint density at radius 1 is 0.619 bits per heavy atom. The molecule has 0 fully saturated rings. The maximum Gasteiger partial charge on any atom is 0.343 e. The summed E-state index contributed by atoms with van der Waals surface area (Å²) < 4.78 is 26.4. The van der Waals surface area contributed by atoms with Crippen LogP contribution in [0.2, 0.25) is 0 Å². The fraction of sp³-hybridized carbons (Fsp3) is 0.342. The van der Waals surface area contributed by atoms with E-state index in [1.165, 1.54) is 63.0 Å². The minimum Gasteiger partial charge on any atom is -0.494 e. The Hall–Kier alpha value is -3.92. The third-order valence-corrected chi connectivity index (χ3v) is 7.56. The van der Waals surface area contributed by atoms with Crippen LogP contribution in [0.1, 0.15) is 87.6 Å². The standard InChI is InChI=1S/C38H43FO3/c1-3-5-7-8-9-10-12-29-13-15-32(16-14-29)36-26-21-33(28-37(36)39)38(40)42-35-24-19-31(20-25-35)30-17-22-34(23-18-30)41-27-11-6-4-2/h13-26,28H,3-12,27H2,1-2H3. The van der Waals surface area contributed by atoms with Gasteiger partial charge in [0, 0.05) is 5.56 Å². The van der Waals surface area contributed by atoms with Crippen LogP contribution in [0.15, 0.2) is 91.0 Å². The SMILES string of the molecule is CCCCCCCCc1ccc(-c2ccc(C(=O)Oc3ccc(-c4ccc(OCCCCC)cc4)cc3)cc2F)cc1. The Kier molecular flexibility index (Phi) is 12.2. The Labute approximate surface area is 250 Å². The summed E-state index contributed by atoms with van der Waals surface area (Å²) in [5.41, 5.74) is 4.76. The van der Waals surface area contributed by atoms with Gasteiger partial charge in [-0.05, 0) is 77.9 Å². The molecule has 0 aliphatic heterocycles. The van der Waals surface area contributed by atoms with Crippen LogP contribution in [0.4, 0.5) is 4.39 Å². The number of halogens is 1. The normalized spacial score (nSPS) is 10.9. The molecule has 4 rings (SSSR count). The molecule has 0 bridgehead atoms. The molecular formula is C38H43FO3. The van der Waals surface area contributed by atoms with E-state index in [1.807, 2.05) is 48.5 Å². The van der Waals surface area contributed by atoms with E-state index in [0.29, 0.717) is 11.3 Å². The molecule has 0 heterocycles. The number of carbonyl (C=O) groups is 1. The third kappa shape index (κ3) is 9.30. The molecule has 0 aliphatic rings. The summed E-state index contributed by atoms with van der Waals surface area (Å²) in [5.74, 6) is 0.234. The minimum absolute atomic E-state index is 0.176. The first-order valence-electron chi connectivity index (χ1n) is 15.5. The fourth-order valence-electron chi connectivity index (χ4n) is 5.00. The second-order valence-electron chi connectivity index (χ2n) is 10.9. The third-order valence-electron chi connectivity index (χ3n) is 7.56. The molecule has 0 spiro atoms. The molecular weight excluding hydrogens is 523 g/mol. The van der Waals surface area contributed by atoms with E-state index in [9.17, 15) is 4.79 Å². The number of rotatable bonds is 16. The molecule has 4 heteroatoms. The van der Waals surface area contributed by atoms with E-state index in [1.54, 1.807) is 24.3 Å². The molecule has 0 radical (unpaired) electrons. The predicted molar refractivity (Wildman–Crippen MR) is 171 cm³/mol. The molecule has 42 heavy (non-hydrogen) atoms. The maximum atomic E-state index is 15.0. The van der Waals surface area contributed by atoms with Gasteiger partial charge in [-0.2, -0.15) is 0 Å². The number of benzene rings is 4. The van der Waals surface area contributed by atoms with E-state index in [4.69, 9.17) is 9.47 Å². The van der Waals surface area contributed by atoms with Crippen molar-refractivity contribution >= 4 is 5.97 Å². The number of esters is 1. The monoisotopic (exact) mass is 566 g/mol. The fourth-order valence-corrected chi connectivity index (χ4v) is 5.00. The lowest BCUT2D eigenvalue weighted by molar-refractivity contribution is 0.0734. The summed E-state index contributed by atoms with van der Waals surface area (Å²) in [6.07, 6.45) is 12.1. The Morgan fingerprint density at radius 3 is 1.83 bits per heavy atom. The summed E-state index contributed by atoms with van der Waals surface area (Å²) in [6, 6.07) is 27.9. The number of ether oxygens (including phenoxy) is 2. The second kappa shape index (κ2) is 16.5. The highest BCUT2D eigenvalue weighted by atomic mass is 19.1. The number of aryl methyl sites for hydroxylation is 1. The highest BCUT2D eigenvalue weighted by molar-refractivity contribution is 5.91. The van der Waals surface area contributed by atoms with Crippen molar-refractivity contribution in [3.05, 3.63) is 108 Å². The van der Waals surface area contributed by atoms with Crippen LogP contribution in [-0.2, 0) is 6.42 Å². The average molecular weight is 567 g/mol. The van der Waals surface area contributed by atoms with Crippen molar-refractivity contribution in [1.82, 2.24) is 0 Å². The van der Waals surface area contributed by atoms with Crippen molar-refractivity contribution in [1.29, 1.82) is 0 Å². The van der Waals surface area contributed by atoms with Gasteiger partial charge in [-0.15, -0.1) is 0 Å². The van der Waals surface area contributed by atoms with Gasteiger partial charge in [-0.1, -0.05) is 113 Å². The van der Waals surface area contributed by atoms with E-state index in [0.717, 1.165) is 41.9 Å². The first kappa shape index (κ1) is 31.0. The lowest BCUT2D eigenvalue weighted by Crippen LogP contribution is -2.09. The maximum absolute atomic E-state index is 15.0. The molecule has 220 valence electrons. The van der Waals surface area contributed by atoms with Crippen molar-refractivity contribution in [2.75, 3.05) is 6.61 Å². The smallest absolute Gasteiger partial charge is 0.343 e. The molecule has 4 aromatic rings. The van der Waals surface area contributed by atoms with Crippen molar-refractivity contribution in [3.8, 4) is 33.8 Å². The summed E-state index contributed by atoms with van der Waals surface area (Å²) in [5, 5.41) is 0. The van der Waals surface area contributed by atoms with E-state index in [2.05, 4.69) is 26.0 Å². The van der Waals surface area contributed by atoms with Gasteiger partial charge in [0.15, 0.2) is 0 Å². The molecule has 0 amide bonds. The van der Waals surface area contributed by atoms with Crippen molar-refractivity contribution < 1.29 is 18.7 Å². The number of unbranched alkanes of at least 4 members (excludes halogenated alkanes) is 7. The van der Waals surface area contributed by atoms with Crippen LogP contribution in [0.5, 0.6) is 11.5 Å². The van der Waals surface area contributed by atoms with Crippen LogP contribution in [0, 0.1) is 5.82 Å². The highest BCUT2D eigenvalue weighted by Crippen LogP contribution is 2.27.